The third-order valence-corrected chi connectivity index (χ3v) is 5.81. The lowest BCUT2D eigenvalue weighted by Gasteiger charge is -2.37. The van der Waals surface area contributed by atoms with Crippen LogP contribution in [0.25, 0.3) is 0 Å². The van der Waals surface area contributed by atoms with E-state index < -0.39 is 23.7 Å². The molecule has 4 rings (SSSR count). The van der Waals surface area contributed by atoms with E-state index in [9.17, 15) is 19.1 Å². The second-order valence-electron chi connectivity index (χ2n) is 8.36. The Hall–Kier alpha value is -2.73. The molecular weight excluding hydrogens is 395 g/mol. The van der Waals surface area contributed by atoms with Gasteiger partial charge in [0, 0.05) is 22.7 Å². The van der Waals surface area contributed by atoms with Crippen LogP contribution in [-0.4, -0.2) is 22.6 Å². The molecule has 2 atom stereocenters. The van der Waals surface area contributed by atoms with Gasteiger partial charge in [-0.15, -0.1) is 0 Å². The summed E-state index contributed by atoms with van der Waals surface area (Å²) in [5, 5.41) is 12.7. The van der Waals surface area contributed by atoms with E-state index in [-0.39, 0.29) is 27.3 Å². The van der Waals surface area contributed by atoms with Crippen LogP contribution in [0.2, 0.25) is 5.02 Å². The number of carbonyl (C=O) groups excluding carboxylic acids is 1. The standard InChI is InChI=1S/C22H20ClFN2O3/c1-22(2)9-16-19(17(27)10-22)20(18-12(23)4-3-5-13(18)24)26-15-8-11(21(28)29)6-7-14(15)25-16/h3-8,19-20,26H,9-10H2,1-2H3,(H,28,29). The number of anilines is 1. The van der Waals surface area contributed by atoms with E-state index in [2.05, 4.69) is 5.32 Å². The van der Waals surface area contributed by atoms with Gasteiger partial charge in [0.1, 0.15) is 11.6 Å². The first-order valence-electron chi connectivity index (χ1n) is 9.34. The Bertz CT molecular complexity index is 1040. The Balaban J connectivity index is 1.93. The minimum Gasteiger partial charge on any atom is -0.478 e. The molecule has 0 saturated heterocycles. The van der Waals surface area contributed by atoms with Crippen molar-refractivity contribution in [2.75, 3.05) is 5.32 Å². The molecule has 1 fully saturated rings. The summed E-state index contributed by atoms with van der Waals surface area (Å²) in [6.45, 7) is 4.00. The van der Waals surface area contributed by atoms with E-state index >= 15 is 0 Å². The van der Waals surface area contributed by atoms with Crippen LogP contribution in [0, 0.1) is 17.2 Å². The first-order chi connectivity index (χ1) is 13.7. The fraction of sp³-hybridized carbons (Fsp3) is 0.318. The number of carboxylic acids is 1. The van der Waals surface area contributed by atoms with Crippen LogP contribution in [-0.2, 0) is 4.79 Å². The highest BCUT2D eigenvalue weighted by atomic mass is 35.5. The molecule has 0 radical (unpaired) electrons. The van der Waals surface area contributed by atoms with E-state index in [4.69, 9.17) is 16.6 Å². The zero-order valence-corrected chi connectivity index (χ0v) is 16.8. The molecule has 2 aromatic carbocycles. The lowest BCUT2D eigenvalue weighted by atomic mass is 9.68. The maximum absolute atomic E-state index is 14.8. The molecule has 1 heterocycles. The SMILES string of the molecule is CC1(C)CC(=O)C2C(=Nc3ccc(C(=O)O)cc3NC2c2c(F)cccc2Cl)C1. The molecule has 0 bridgehead atoms. The summed E-state index contributed by atoms with van der Waals surface area (Å²) in [5.74, 6) is -2.33. The highest BCUT2D eigenvalue weighted by Gasteiger charge is 2.45. The summed E-state index contributed by atoms with van der Waals surface area (Å²) < 4.78 is 14.8. The quantitative estimate of drug-likeness (QED) is 0.687. The van der Waals surface area contributed by atoms with Crippen molar-refractivity contribution in [1.29, 1.82) is 0 Å². The fourth-order valence-corrected chi connectivity index (χ4v) is 4.53. The minimum atomic E-state index is -1.08. The molecule has 2 unspecified atom stereocenters. The Morgan fingerprint density at radius 2 is 2.03 bits per heavy atom. The number of carbonyl (C=O) groups is 2. The number of aromatic carboxylic acids is 1. The number of fused-ring (bicyclic) bond motifs is 2. The van der Waals surface area contributed by atoms with E-state index in [1.54, 1.807) is 12.1 Å². The highest BCUT2D eigenvalue weighted by Crippen LogP contribution is 2.46. The topological polar surface area (TPSA) is 78.8 Å². The molecule has 2 N–H and O–H groups in total. The molecule has 1 saturated carbocycles. The molecule has 2 aromatic rings. The number of nitrogens with one attached hydrogen (secondary N) is 1. The predicted molar refractivity (Wildman–Crippen MR) is 110 cm³/mol. The number of halogens is 2. The molecule has 1 aliphatic carbocycles. The number of benzene rings is 2. The third kappa shape index (κ3) is 3.53. The number of rotatable bonds is 2. The van der Waals surface area contributed by atoms with Crippen LogP contribution < -0.4 is 5.32 Å². The Labute approximate surface area is 172 Å². The summed E-state index contributed by atoms with van der Waals surface area (Å²) >= 11 is 6.33. The second kappa shape index (κ2) is 6.95. The third-order valence-electron chi connectivity index (χ3n) is 5.48. The molecule has 7 heteroatoms. The van der Waals surface area contributed by atoms with Crippen molar-refractivity contribution in [2.24, 2.45) is 16.3 Å². The predicted octanol–water partition coefficient (Wildman–Crippen LogP) is 5.42. The van der Waals surface area contributed by atoms with Crippen LogP contribution in [0.1, 0.15) is 48.7 Å². The molecule has 0 amide bonds. The van der Waals surface area contributed by atoms with Gasteiger partial charge in [0.2, 0.25) is 0 Å². The monoisotopic (exact) mass is 414 g/mol. The Kier molecular flexibility index (Phi) is 4.69. The smallest absolute Gasteiger partial charge is 0.335 e. The summed E-state index contributed by atoms with van der Waals surface area (Å²) in [6, 6.07) is 8.13. The largest absolute Gasteiger partial charge is 0.478 e. The van der Waals surface area contributed by atoms with Gasteiger partial charge < -0.3 is 10.4 Å². The Morgan fingerprint density at radius 1 is 1.28 bits per heavy atom. The first kappa shape index (κ1) is 19.6. The molecule has 29 heavy (non-hydrogen) atoms. The van der Waals surface area contributed by atoms with E-state index in [1.165, 1.54) is 24.3 Å². The van der Waals surface area contributed by atoms with Gasteiger partial charge in [-0.3, -0.25) is 9.79 Å². The lowest BCUT2D eigenvalue weighted by Crippen LogP contribution is -2.42. The van der Waals surface area contributed by atoms with Crippen molar-refractivity contribution in [3.8, 4) is 0 Å². The molecule has 0 aromatic heterocycles. The van der Waals surface area contributed by atoms with Crippen molar-refractivity contribution < 1.29 is 19.1 Å². The van der Waals surface area contributed by atoms with Crippen molar-refractivity contribution in [3.05, 3.63) is 58.4 Å². The maximum atomic E-state index is 14.8. The van der Waals surface area contributed by atoms with E-state index in [0.29, 0.717) is 29.9 Å². The van der Waals surface area contributed by atoms with Gasteiger partial charge in [-0.2, -0.15) is 0 Å². The first-order valence-corrected chi connectivity index (χ1v) is 9.72. The lowest BCUT2D eigenvalue weighted by molar-refractivity contribution is -0.124. The fourth-order valence-electron chi connectivity index (χ4n) is 4.25. The van der Waals surface area contributed by atoms with Crippen molar-refractivity contribution >= 4 is 40.4 Å². The number of hydrogen-bond acceptors (Lipinski definition) is 4. The van der Waals surface area contributed by atoms with Gasteiger partial charge in [-0.05, 0) is 42.2 Å². The van der Waals surface area contributed by atoms with Crippen LogP contribution in [0.3, 0.4) is 0 Å². The number of ketones is 1. The highest BCUT2D eigenvalue weighted by molar-refractivity contribution is 6.31. The zero-order valence-electron chi connectivity index (χ0n) is 16.0. The molecular formula is C22H20ClFN2O3. The number of hydrogen-bond donors (Lipinski definition) is 2. The number of Topliss-reactive ketones (excluding diaryl/α,β-unsaturated/α-hetero) is 1. The summed E-state index contributed by atoms with van der Waals surface area (Å²) in [7, 11) is 0. The molecule has 0 spiro atoms. The normalized spacial score (nSPS) is 22.6. The number of carboxylic acid groups (broad SMARTS) is 1. The van der Waals surface area contributed by atoms with Crippen LogP contribution >= 0.6 is 11.6 Å². The van der Waals surface area contributed by atoms with Gasteiger partial charge in [-0.25, -0.2) is 9.18 Å². The van der Waals surface area contributed by atoms with Crippen molar-refractivity contribution in [3.63, 3.8) is 0 Å². The molecule has 150 valence electrons. The van der Waals surface area contributed by atoms with Gasteiger partial charge >= 0.3 is 5.97 Å². The summed E-state index contributed by atoms with van der Waals surface area (Å²) in [4.78, 5) is 29.3. The molecule has 5 nitrogen and oxygen atoms in total. The van der Waals surface area contributed by atoms with Gasteiger partial charge in [0.25, 0.3) is 0 Å². The zero-order chi connectivity index (χ0) is 20.9. The summed E-state index contributed by atoms with van der Waals surface area (Å²) in [5.41, 5.74) is 1.61. The Morgan fingerprint density at radius 3 is 2.72 bits per heavy atom. The van der Waals surface area contributed by atoms with Crippen LogP contribution in [0.5, 0.6) is 0 Å². The van der Waals surface area contributed by atoms with Crippen molar-refractivity contribution in [1.82, 2.24) is 0 Å². The van der Waals surface area contributed by atoms with Crippen LogP contribution in [0.15, 0.2) is 41.4 Å². The summed E-state index contributed by atoms with van der Waals surface area (Å²) in [6.07, 6.45) is 0.922. The van der Waals surface area contributed by atoms with Gasteiger partial charge in [-0.1, -0.05) is 31.5 Å². The number of aliphatic imine (C=N–C) groups is 1. The number of nitrogens with zero attached hydrogens (tertiary/aromatic N) is 1. The van der Waals surface area contributed by atoms with E-state index in [0.717, 1.165) is 0 Å². The minimum absolute atomic E-state index is 0.0388. The molecule has 2 aliphatic rings. The van der Waals surface area contributed by atoms with Crippen LogP contribution in [0.4, 0.5) is 15.8 Å². The maximum Gasteiger partial charge on any atom is 0.335 e. The average Bonchev–Trinajstić information content (AvgIpc) is 2.76. The van der Waals surface area contributed by atoms with E-state index in [1.807, 2.05) is 13.8 Å². The average molecular weight is 415 g/mol. The van der Waals surface area contributed by atoms with Crippen molar-refractivity contribution in [2.45, 2.75) is 32.7 Å². The van der Waals surface area contributed by atoms with Gasteiger partial charge in [0.05, 0.1) is 28.9 Å². The molecule has 1 aliphatic heterocycles. The second-order valence-corrected chi connectivity index (χ2v) is 8.77. The van der Waals surface area contributed by atoms with Gasteiger partial charge in [0.15, 0.2) is 0 Å².